The summed E-state index contributed by atoms with van der Waals surface area (Å²) in [5, 5.41) is 6.02. The zero-order valence-corrected chi connectivity index (χ0v) is 25.8. The van der Waals surface area contributed by atoms with Crippen molar-refractivity contribution in [1.82, 2.24) is 14.8 Å². The third-order valence-corrected chi connectivity index (χ3v) is 9.29. The lowest BCUT2D eigenvalue weighted by Crippen LogP contribution is -2.50. The van der Waals surface area contributed by atoms with Gasteiger partial charge in [0.1, 0.15) is 22.1 Å². The van der Waals surface area contributed by atoms with Gasteiger partial charge in [0.05, 0.1) is 22.9 Å². The molecule has 3 aliphatic rings. The molecule has 0 unspecified atom stereocenters. The fourth-order valence-corrected chi connectivity index (χ4v) is 7.02. The molecule has 1 saturated carbocycles. The molecule has 1 aliphatic carbocycles. The number of carbonyl (C=O) groups excluding carboxylic acids is 1. The fourth-order valence-electron chi connectivity index (χ4n) is 5.94. The van der Waals surface area contributed by atoms with E-state index in [1.165, 1.54) is 25.7 Å². The summed E-state index contributed by atoms with van der Waals surface area (Å²) >= 11 is 1.84. The number of hydrogen-bond acceptors (Lipinski definition) is 7. The Morgan fingerprint density at radius 3 is 2.55 bits per heavy atom. The van der Waals surface area contributed by atoms with Gasteiger partial charge in [-0.15, -0.1) is 11.8 Å². The molecule has 1 aromatic heterocycles. The van der Waals surface area contributed by atoms with Gasteiger partial charge in [0.2, 0.25) is 0 Å². The van der Waals surface area contributed by atoms with E-state index in [1.54, 1.807) is 0 Å². The van der Waals surface area contributed by atoms with E-state index in [0.717, 1.165) is 70.6 Å². The second kappa shape index (κ2) is 12.6. The molecule has 2 aromatic carbocycles. The highest BCUT2D eigenvalue weighted by atomic mass is 32.2. The number of thioether (sulfide) groups is 1. The Morgan fingerprint density at radius 2 is 1.81 bits per heavy atom. The minimum Gasteiger partial charge on any atom is -0.457 e. The molecule has 0 radical (unpaired) electrons. The van der Waals surface area contributed by atoms with Crippen LogP contribution in [0.3, 0.4) is 0 Å². The number of amides is 1. The maximum Gasteiger partial charge on any atom is 0.410 e. The number of rotatable bonds is 8. The van der Waals surface area contributed by atoms with E-state index in [-0.39, 0.29) is 6.09 Å². The summed E-state index contributed by atoms with van der Waals surface area (Å²) in [6.45, 7) is 9.91. The van der Waals surface area contributed by atoms with Gasteiger partial charge in [-0.25, -0.2) is 4.79 Å². The van der Waals surface area contributed by atoms with Gasteiger partial charge in [0, 0.05) is 56.0 Å². The highest BCUT2D eigenvalue weighted by Gasteiger charge is 2.27. The Hall–Kier alpha value is -3.17. The molecule has 2 fully saturated rings. The average molecular weight is 590 g/mol. The van der Waals surface area contributed by atoms with Crippen LogP contribution in [0.2, 0.25) is 0 Å². The van der Waals surface area contributed by atoms with Crippen LogP contribution < -0.4 is 10.1 Å². The molecule has 0 bridgehead atoms. The third kappa shape index (κ3) is 7.24. The highest BCUT2D eigenvalue weighted by molar-refractivity contribution is 8.14. The number of nitrogens with one attached hydrogen (secondary N) is 2. The molecule has 1 saturated heterocycles. The maximum atomic E-state index is 12.4. The number of piperazine rings is 1. The number of aromatic nitrogens is 1. The van der Waals surface area contributed by atoms with Crippen molar-refractivity contribution in [2.45, 2.75) is 70.6 Å². The van der Waals surface area contributed by atoms with Crippen molar-refractivity contribution >= 4 is 39.5 Å². The van der Waals surface area contributed by atoms with E-state index in [9.17, 15) is 4.79 Å². The minimum atomic E-state index is -0.457. The van der Waals surface area contributed by atoms with Gasteiger partial charge >= 0.3 is 6.09 Å². The Labute approximate surface area is 253 Å². The van der Waals surface area contributed by atoms with Gasteiger partial charge in [0.15, 0.2) is 0 Å². The van der Waals surface area contributed by atoms with E-state index in [2.05, 4.69) is 33.4 Å². The summed E-state index contributed by atoms with van der Waals surface area (Å²) in [6.07, 6.45) is 5.80. The summed E-state index contributed by atoms with van der Waals surface area (Å²) in [6, 6.07) is 17.2. The fraction of sp³-hybridized carbons (Fsp3) is 0.515. The molecule has 0 spiro atoms. The molecule has 2 aliphatic heterocycles. The van der Waals surface area contributed by atoms with Gasteiger partial charge in [-0.1, -0.05) is 31.0 Å². The van der Waals surface area contributed by atoms with Gasteiger partial charge in [-0.2, -0.15) is 0 Å². The van der Waals surface area contributed by atoms with Gasteiger partial charge in [-0.3, -0.25) is 9.89 Å². The zero-order chi connectivity index (χ0) is 29.1. The predicted molar refractivity (Wildman–Crippen MR) is 172 cm³/mol. The van der Waals surface area contributed by atoms with E-state index in [0.29, 0.717) is 25.2 Å². The summed E-state index contributed by atoms with van der Waals surface area (Å²) in [4.78, 5) is 25.5. The maximum absolute atomic E-state index is 12.4. The first-order valence-corrected chi connectivity index (χ1v) is 16.3. The minimum absolute atomic E-state index is 0.206. The summed E-state index contributed by atoms with van der Waals surface area (Å²) in [5.74, 6) is 2.67. The van der Waals surface area contributed by atoms with Crippen molar-refractivity contribution in [2.75, 3.05) is 43.8 Å². The lowest BCUT2D eigenvalue weighted by Gasteiger charge is -2.35. The van der Waals surface area contributed by atoms with Gasteiger partial charge in [-0.05, 0) is 64.3 Å². The number of para-hydroxylation sites is 1. The van der Waals surface area contributed by atoms with Crippen molar-refractivity contribution in [2.24, 2.45) is 4.99 Å². The van der Waals surface area contributed by atoms with Gasteiger partial charge in [0.25, 0.3) is 0 Å². The van der Waals surface area contributed by atoms with E-state index >= 15 is 0 Å². The second-order valence-electron chi connectivity index (χ2n) is 12.7. The molecule has 6 rings (SSSR count). The van der Waals surface area contributed by atoms with Crippen LogP contribution in [0.1, 0.15) is 58.6 Å². The van der Waals surface area contributed by atoms with Crippen LogP contribution in [0.25, 0.3) is 10.9 Å². The quantitative estimate of drug-likeness (QED) is 0.291. The topological polar surface area (TPSA) is 82.2 Å². The van der Waals surface area contributed by atoms with Crippen molar-refractivity contribution in [3.05, 3.63) is 54.2 Å². The summed E-state index contributed by atoms with van der Waals surface area (Å²) < 4.78 is 11.8. The molecule has 224 valence electrons. The van der Waals surface area contributed by atoms with Crippen LogP contribution in [-0.4, -0.2) is 82.1 Å². The van der Waals surface area contributed by atoms with E-state index in [1.807, 2.05) is 67.8 Å². The molecule has 3 aromatic rings. The number of anilines is 1. The second-order valence-corrected chi connectivity index (χ2v) is 13.7. The summed E-state index contributed by atoms with van der Waals surface area (Å²) in [5.41, 5.74) is 2.84. The molecule has 8 nitrogen and oxygen atoms in total. The summed E-state index contributed by atoms with van der Waals surface area (Å²) in [7, 11) is 0. The Kier molecular flexibility index (Phi) is 8.67. The molecule has 2 N–H and O–H groups in total. The number of H-pyrrole nitrogens is 1. The van der Waals surface area contributed by atoms with E-state index in [4.69, 9.17) is 14.5 Å². The first-order chi connectivity index (χ1) is 20.3. The number of carbonyl (C=O) groups is 1. The number of ether oxygens (including phenoxy) is 2. The Bertz CT molecular complexity index is 1400. The van der Waals surface area contributed by atoms with Gasteiger partial charge < -0.3 is 24.7 Å². The number of aliphatic imine (C=N–C) groups is 1. The van der Waals surface area contributed by atoms with Crippen LogP contribution >= 0.6 is 11.8 Å². The number of fused-ring (bicyclic) bond motifs is 1. The largest absolute Gasteiger partial charge is 0.457 e. The van der Waals surface area contributed by atoms with Crippen LogP contribution in [0.15, 0.2) is 53.5 Å². The average Bonchev–Trinajstić information content (AvgIpc) is 3.73. The lowest BCUT2D eigenvalue weighted by atomic mass is 10.1. The molecule has 9 heteroatoms. The van der Waals surface area contributed by atoms with Crippen molar-refractivity contribution in [1.29, 1.82) is 0 Å². The van der Waals surface area contributed by atoms with Crippen LogP contribution in [0, 0.1) is 0 Å². The lowest BCUT2D eigenvalue weighted by molar-refractivity contribution is 0.0143. The Morgan fingerprint density at radius 1 is 1.05 bits per heavy atom. The number of aromatic amines is 1. The number of hydrogen-bond donors (Lipinski definition) is 2. The molecular weight excluding hydrogens is 546 g/mol. The first kappa shape index (κ1) is 28.9. The van der Waals surface area contributed by atoms with Crippen molar-refractivity contribution in [3.63, 3.8) is 0 Å². The molecule has 1 amide bonds. The molecule has 3 heterocycles. The standard InChI is InChI=1S/C33H43N5O3S/c1-33(2,3)41-32(39)38-17-15-37(16-18-38)14-13-25-22-42-31(35-25)29-20-23-19-27(40-26-11-5-4-6-12-26)21-28(30(23)36-29)34-24-9-7-8-10-24/h4-6,11-12,19-21,24-25,34,36H,7-10,13-18,22H2,1-3H3/t25-/m0/s1. The van der Waals surface area contributed by atoms with Crippen molar-refractivity contribution in [3.8, 4) is 11.5 Å². The normalized spacial score (nSPS) is 20.2. The third-order valence-electron chi connectivity index (χ3n) is 8.14. The van der Waals surface area contributed by atoms with Crippen molar-refractivity contribution < 1.29 is 14.3 Å². The zero-order valence-electron chi connectivity index (χ0n) is 25.0. The predicted octanol–water partition coefficient (Wildman–Crippen LogP) is 7.12. The monoisotopic (exact) mass is 589 g/mol. The number of benzene rings is 2. The van der Waals surface area contributed by atoms with Crippen LogP contribution in [-0.2, 0) is 4.74 Å². The molecular formula is C33H43N5O3S. The highest BCUT2D eigenvalue weighted by Crippen LogP contribution is 2.36. The molecule has 42 heavy (non-hydrogen) atoms. The van der Waals surface area contributed by atoms with E-state index < -0.39 is 5.60 Å². The van der Waals surface area contributed by atoms with Crippen LogP contribution in [0.4, 0.5) is 10.5 Å². The Balaban J connectivity index is 1.10. The van der Waals surface area contributed by atoms with Crippen LogP contribution in [0.5, 0.6) is 11.5 Å². The smallest absolute Gasteiger partial charge is 0.410 e. The number of nitrogens with zero attached hydrogens (tertiary/aromatic N) is 3. The SMILES string of the molecule is CC(C)(C)OC(=O)N1CCN(CC[C@H]2CSC(c3cc4cc(Oc5ccccc5)cc(NC5CCCC5)c4[nH]3)=N2)CC1. The first-order valence-electron chi connectivity index (χ1n) is 15.4. The molecule has 1 atom stereocenters.